The molecule has 3 rings (SSSR count). The van der Waals surface area contributed by atoms with Crippen LogP contribution in [0.2, 0.25) is 0 Å². The number of nitrogens with zero attached hydrogens (tertiary/aromatic N) is 1. The molecule has 0 atom stereocenters. The number of aliphatic imine (C=N–C) groups is 1. The van der Waals surface area contributed by atoms with E-state index in [0.717, 1.165) is 38.8 Å². The molecule has 0 aromatic rings. The van der Waals surface area contributed by atoms with Crippen LogP contribution >= 0.6 is 11.6 Å². The topological polar surface area (TPSA) is 24.4 Å². The molecule has 20 heavy (non-hydrogen) atoms. The molecule has 0 saturated carbocycles. The molecular formula is C16H18BClN2. The Labute approximate surface area is 125 Å². The second-order valence-corrected chi connectivity index (χ2v) is 5.65. The fraction of sp³-hybridized carbons (Fsp3) is 0.312. The Morgan fingerprint density at radius 3 is 3.10 bits per heavy atom. The van der Waals surface area contributed by atoms with E-state index in [4.69, 9.17) is 11.6 Å². The van der Waals surface area contributed by atoms with Crippen molar-refractivity contribution >= 4 is 24.6 Å². The Bertz CT molecular complexity index is 606. The van der Waals surface area contributed by atoms with Gasteiger partial charge in [0.15, 0.2) is 7.28 Å². The fourth-order valence-corrected chi connectivity index (χ4v) is 3.03. The van der Waals surface area contributed by atoms with E-state index in [2.05, 4.69) is 47.5 Å². The van der Waals surface area contributed by atoms with Crippen molar-refractivity contribution in [3.8, 4) is 0 Å². The maximum absolute atomic E-state index is 6.33. The van der Waals surface area contributed by atoms with Gasteiger partial charge in [0.2, 0.25) is 0 Å². The van der Waals surface area contributed by atoms with Crippen LogP contribution in [-0.4, -0.2) is 19.5 Å². The van der Waals surface area contributed by atoms with Crippen LogP contribution in [0.4, 0.5) is 0 Å². The first kappa shape index (κ1) is 13.5. The molecule has 0 radical (unpaired) electrons. The van der Waals surface area contributed by atoms with Gasteiger partial charge in [-0.25, -0.2) is 4.99 Å². The summed E-state index contributed by atoms with van der Waals surface area (Å²) in [7, 11) is 1.06. The van der Waals surface area contributed by atoms with Gasteiger partial charge in [-0.05, 0) is 24.5 Å². The first-order valence-corrected chi connectivity index (χ1v) is 7.59. The molecule has 0 bridgehead atoms. The van der Waals surface area contributed by atoms with Gasteiger partial charge >= 0.3 is 0 Å². The standard InChI is InChI=1S/C16H18BClN2/c1-2-11-9-15(19-10-12-5-4-8-17-12)13-6-3-7-14(13)20-16(11)18/h3-5,7-8,17,19H,2,6,9-10H2,1H3. The Balaban J connectivity index is 1.82. The van der Waals surface area contributed by atoms with E-state index >= 15 is 0 Å². The number of fused-ring (bicyclic) bond motifs is 1. The third-order valence-corrected chi connectivity index (χ3v) is 4.33. The van der Waals surface area contributed by atoms with Crippen LogP contribution in [0.25, 0.3) is 0 Å². The zero-order chi connectivity index (χ0) is 13.9. The van der Waals surface area contributed by atoms with Crippen molar-refractivity contribution in [2.45, 2.75) is 26.2 Å². The lowest BCUT2D eigenvalue weighted by atomic mass is 9.73. The zero-order valence-corrected chi connectivity index (χ0v) is 12.5. The third kappa shape index (κ3) is 2.68. The van der Waals surface area contributed by atoms with Gasteiger partial charge in [0, 0.05) is 24.2 Å². The molecule has 0 saturated heterocycles. The Hall–Kier alpha value is -1.48. The SMILES string of the molecule is CCC1=C(Cl)N=C2C=CCC2=C(NCC2=CC=CB2)C1. The number of hydrogen-bond acceptors (Lipinski definition) is 2. The molecule has 0 aromatic carbocycles. The van der Waals surface area contributed by atoms with Gasteiger partial charge in [0.25, 0.3) is 0 Å². The summed E-state index contributed by atoms with van der Waals surface area (Å²) >= 11 is 6.33. The lowest BCUT2D eigenvalue weighted by Crippen LogP contribution is -2.21. The summed E-state index contributed by atoms with van der Waals surface area (Å²) in [5, 5.41) is 4.29. The van der Waals surface area contributed by atoms with Crippen molar-refractivity contribution in [2.24, 2.45) is 4.99 Å². The summed E-state index contributed by atoms with van der Waals surface area (Å²) < 4.78 is 0. The van der Waals surface area contributed by atoms with Crippen LogP contribution in [-0.2, 0) is 0 Å². The van der Waals surface area contributed by atoms with E-state index in [0.29, 0.717) is 5.16 Å². The molecule has 0 aromatic heterocycles. The van der Waals surface area contributed by atoms with Crippen molar-refractivity contribution in [1.29, 1.82) is 0 Å². The maximum Gasteiger partial charge on any atom is 0.180 e. The van der Waals surface area contributed by atoms with Gasteiger partial charge in [0.1, 0.15) is 5.16 Å². The van der Waals surface area contributed by atoms with E-state index in [1.54, 1.807) is 0 Å². The summed E-state index contributed by atoms with van der Waals surface area (Å²) in [6.45, 7) is 3.05. The molecule has 1 aliphatic carbocycles. The van der Waals surface area contributed by atoms with Crippen LogP contribution in [0.3, 0.4) is 0 Å². The highest BCUT2D eigenvalue weighted by atomic mass is 35.5. The van der Waals surface area contributed by atoms with Gasteiger partial charge in [-0.1, -0.05) is 42.2 Å². The smallest absolute Gasteiger partial charge is 0.180 e. The Morgan fingerprint density at radius 2 is 2.35 bits per heavy atom. The predicted octanol–water partition coefficient (Wildman–Crippen LogP) is 3.34. The Morgan fingerprint density at radius 1 is 1.45 bits per heavy atom. The van der Waals surface area contributed by atoms with E-state index in [9.17, 15) is 0 Å². The zero-order valence-electron chi connectivity index (χ0n) is 11.7. The van der Waals surface area contributed by atoms with Crippen molar-refractivity contribution in [1.82, 2.24) is 5.32 Å². The average molecular weight is 285 g/mol. The number of rotatable bonds is 4. The second kappa shape index (κ2) is 5.88. The number of allylic oxidation sites excluding steroid dienone is 6. The third-order valence-electron chi connectivity index (χ3n) is 3.98. The number of nitrogens with one attached hydrogen (secondary N) is 1. The van der Waals surface area contributed by atoms with E-state index in [1.165, 1.54) is 22.3 Å². The van der Waals surface area contributed by atoms with Crippen LogP contribution < -0.4 is 5.32 Å². The highest BCUT2D eigenvalue weighted by molar-refractivity contribution is 6.52. The van der Waals surface area contributed by atoms with Crippen molar-refractivity contribution < 1.29 is 0 Å². The molecular weight excluding hydrogens is 266 g/mol. The van der Waals surface area contributed by atoms with Crippen LogP contribution in [0.15, 0.2) is 62.7 Å². The minimum absolute atomic E-state index is 0.671. The first-order valence-electron chi connectivity index (χ1n) is 7.21. The predicted molar refractivity (Wildman–Crippen MR) is 88.4 cm³/mol. The normalized spacial score (nSPS) is 20.7. The van der Waals surface area contributed by atoms with Crippen LogP contribution in [0, 0.1) is 0 Å². The molecule has 0 unspecified atom stereocenters. The molecule has 3 aliphatic rings. The Kier molecular flexibility index (Phi) is 3.97. The maximum atomic E-state index is 6.33. The highest BCUT2D eigenvalue weighted by Crippen LogP contribution is 2.31. The number of halogens is 1. The summed E-state index contributed by atoms with van der Waals surface area (Å²) in [4.78, 5) is 4.57. The summed E-state index contributed by atoms with van der Waals surface area (Å²) in [6, 6.07) is 0. The fourth-order valence-electron chi connectivity index (χ4n) is 2.74. The summed E-state index contributed by atoms with van der Waals surface area (Å²) in [5.74, 6) is 2.19. The van der Waals surface area contributed by atoms with Gasteiger partial charge in [-0.2, -0.15) is 0 Å². The van der Waals surface area contributed by atoms with Crippen LogP contribution in [0.5, 0.6) is 0 Å². The molecule has 0 spiro atoms. The number of hydrogen-bond donors (Lipinski definition) is 1. The quantitative estimate of drug-likeness (QED) is 0.621. The van der Waals surface area contributed by atoms with Crippen LogP contribution in [0.1, 0.15) is 26.2 Å². The first-order chi connectivity index (χ1) is 9.78. The molecule has 0 amide bonds. The minimum Gasteiger partial charge on any atom is -0.385 e. The molecule has 2 nitrogen and oxygen atoms in total. The molecule has 2 heterocycles. The molecule has 2 aliphatic heterocycles. The monoisotopic (exact) mass is 284 g/mol. The molecule has 1 N–H and O–H groups in total. The lowest BCUT2D eigenvalue weighted by Gasteiger charge is -2.15. The lowest BCUT2D eigenvalue weighted by molar-refractivity contribution is 0.816. The van der Waals surface area contributed by atoms with Crippen molar-refractivity contribution in [3.05, 3.63) is 57.8 Å². The van der Waals surface area contributed by atoms with E-state index < -0.39 is 0 Å². The van der Waals surface area contributed by atoms with E-state index in [-0.39, 0.29) is 0 Å². The van der Waals surface area contributed by atoms with E-state index in [1.807, 2.05) is 0 Å². The largest absolute Gasteiger partial charge is 0.385 e. The van der Waals surface area contributed by atoms with Gasteiger partial charge in [-0.3, -0.25) is 0 Å². The van der Waals surface area contributed by atoms with Gasteiger partial charge in [-0.15, -0.1) is 5.98 Å². The van der Waals surface area contributed by atoms with Crippen molar-refractivity contribution in [2.75, 3.05) is 6.54 Å². The van der Waals surface area contributed by atoms with Gasteiger partial charge < -0.3 is 5.32 Å². The average Bonchev–Trinajstić information content (AvgIpc) is 3.09. The van der Waals surface area contributed by atoms with Crippen molar-refractivity contribution in [3.63, 3.8) is 0 Å². The highest BCUT2D eigenvalue weighted by Gasteiger charge is 2.21. The minimum atomic E-state index is 0.671. The molecule has 102 valence electrons. The summed E-state index contributed by atoms with van der Waals surface area (Å²) in [6.07, 6.45) is 11.4. The molecule has 0 fully saturated rings. The van der Waals surface area contributed by atoms with Gasteiger partial charge in [0.05, 0.1) is 5.71 Å². The molecule has 4 heteroatoms. The second-order valence-electron chi connectivity index (χ2n) is 5.30. The summed E-state index contributed by atoms with van der Waals surface area (Å²) in [5.41, 5.74) is 6.27.